The Morgan fingerprint density at radius 1 is 1.04 bits per heavy atom. The third kappa shape index (κ3) is 5.94. The Kier molecular flexibility index (Phi) is 6.62. The molecule has 1 heterocycles. The number of hydrogen-bond acceptors (Lipinski definition) is 4. The molecule has 3 aromatic rings. The van der Waals surface area contributed by atoms with Crippen LogP contribution in [0, 0.1) is 0 Å². The largest absolute Gasteiger partial charge is 0.488 e. The van der Waals surface area contributed by atoms with Gasteiger partial charge in [-0.1, -0.05) is 28.1 Å². The van der Waals surface area contributed by atoms with Crippen molar-refractivity contribution in [2.24, 2.45) is 0 Å². The van der Waals surface area contributed by atoms with E-state index in [4.69, 9.17) is 4.74 Å². The lowest BCUT2D eigenvalue weighted by atomic mass is 10.2. The number of nitrogens with one attached hydrogen (secondary N) is 2. The normalized spacial score (nSPS) is 10.3. The van der Waals surface area contributed by atoms with Crippen molar-refractivity contribution in [3.63, 3.8) is 0 Å². The predicted molar refractivity (Wildman–Crippen MR) is 110 cm³/mol. The van der Waals surface area contributed by atoms with E-state index in [9.17, 15) is 9.59 Å². The molecule has 0 aliphatic heterocycles. The molecule has 0 atom stereocenters. The molecule has 0 spiro atoms. The fourth-order valence-corrected chi connectivity index (χ4v) is 3.16. The predicted octanol–water partition coefficient (Wildman–Crippen LogP) is 4.46. The van der Waals surface area contributed by atoms with Crippen molar-refractivity contribution in [1.29, 1.82) is 0 Å². The van der Waals surface area contributed by atoms with Crippen molar-refractivity contribution in [1.82, 2.24) is 5.32 Å². The minimum atomic E-state index is -0.331. The maximum Gasteiger partial charge on any atom is 0.251 e. The molecule has 0 aliphatic rings. The van der Waals surface area contributed by atoms with E-state index in [0.717, 1.165) is 9.35 Å². The number of carbonyl (C=O) groups excluding carboxylic acids is 2. The van der Waals surface area contributed by atoms with Crippen LogP contribution in [0.1, 0.15) is 15.2 Å². The van der Waals surface area contributed by atoms with Gasteiger partial charge in [0, 0.05) is 20.6 Å². The van der Waals surface area contributed by atoms with Gasteiger partial charge in [0.15, 0.2) is 0 Å². The van der Waals surface area contributed by atoms with Crippen LogP contribution in [0.2, 0.25) is 0 Å². The number of benzene rings is 2. The number of hydrogen-bond donors (Lipinski definition) is 2. The van der Waals surface area contributed by atoms with Gasteiger partial charge in [-0.2, -0.15) is 0 Å². The first kappa shape index (κ1) is 19.1. The Morgan fingerprint density at radius 3 is 2.59 bits per heavy atom. The fraction of sp³-hybridized carbons (Fsp3) is 0.100. The molecule has 2 N–H and O–H groups in total. The van der Waals surface area contributed by atoms with Gasteiger partial charge in [-0.05, 0) is 53.9 Å². The molecule has 0 bridgehead atoms. The summed E-state index contributed by atoms with van der Waals surface area (Å²) < 4.78 is 6.63. The second kappa shape index (κ2) is 9.34. The van der Waals surface area contributed by atoms with Crippen LogP contribution >= 0.6 is 27.3 Å². The van der Waals surface area contributed by atoms with Gasteiger partial charge in [0.05, 0.1) is 6.54 Å². The van der Waals surface area contributed by atoms with E-state index >= 15 is 0 Å². The first-order chi connectivity index (χ1) is 13.1. The zero-order valence-electron chi connectivity index (χ0n) is 14.3. The van der Waals surface area contributed by atoms with E-state index in [1.807, 2.05) is 29.6 Å². The van der Waals surface area contributed by atoms with Gasteiger partial charge in [0.1, 0.15) is 12.4 Å². The molecule has 2 amide bonds. The molecule has 1 aromatic heterocycles. The summed E-state index contributed by atoms with van der Waals surface area (Å²) in [5.74, 6) is -0.0198. The van der Waals surface area contributed by atoms with Gasteiger partial charge >= 0.3 is 0 Å². The highest BCUT2D eigenvalue weighted by atomic mass is 79.9. The van der Waals surface area contributed by atoms with Crippen LogP contribution in [0.15, 0.2) is 70.5 Å². The average Bonchev–Trinajstić information content (AvgIpc) is 3.20. The van der Waals surface area contributed by atoms with Crippen molar-refractivity contribution < 1.29 is 14.3 Å². The number of amides is 2. The van der Waals surface area contributed by atoms with Gasteiger partial charge in [-0.25, -0.2) is 0 Å². The molecular formula is C20H17BrN2O3S. The zero-order chi connectivity index (χ0) is 19.1. The Labute approximate surface area is 169 Å². The molecule has 2 aromatic carbocycles. The minimum Gasteiger partial charge on any atom is -0.488 e. The summed E-state index contributed by atoms with van der Waals surface area (Å²) in [7, 11) is 0. The minimum absolute atomic E-state index is 0.116. The quantitative estimate of drug-likeness (QED) is 0.565. The van der Waals surface area contributed by atoms with Crippen molar-refractivity contribution in [3.05, 3.63) is 81.0 Å². The Balaban J connectivity index is 1.50. The molecule has 0 saturated heterocycles. The number of rotatable bonds is 7. The maximum absolute atomic E-state index is 12.3. The first-order valence-corrected chi connectivity index (χ1v) is 9.86. The molecule has 5 nitrogen and oxygen atoms in total. The number of ether oxygens (including phenoxy) is 1. The summed E-state index contributed by atoms with van der Waals surface area (Å²) in [6.45, 7) is 0.341. The van der Waals surface area contributed by atoms with Crippen LogP contribution in [0.5, 0.6) is 5.75 Å². The second-order valence-electron chi connectivity index (χ2n) is 5.63. The van der Waals surface area contributed by atoms with Crippen LogP contribution < -0.4 is 15.4 Å². The molecule has 0 unspecified atom stereocenters. The van der Waals surface area contributed by atoms with Gasteiger partial charge in [-0.3, -0.25) is 9.59 Å². The molecular weight excluding hydrogens is 428 g/mol. The Morgan fingerprint density at radius 2 is 1.85 bits per heavy atom. The molecule has 27 heavy (non-hydrogen) atoms. The van der Waals surface area contributed by atoms with Gasteiger partial charge in [-0.15, -0.1) is 11.3 Å². The number of carbonyl (C=O) groups is 2. The fourth-order valence-electron chi connectivity index (χ4n) is 2.28. The summed E-state index contributed by atoms with van der Waals surface area (Å²) in [6.07, 6.45) is 0. The van der Waals surface area contributed by atoms with E-state index < -0.39 is 0 Å². The van der Waals surface area contributed by atoms with E-state index in [1.54, 1.807) is 47.7 Å². The Hall–Kier alpha value is -2.64. The van der Waals surface area contributed by atoms with Crippen molar-refractivity contribution >= 4 is 44.8 Å². The van der Waals surface area contributed by atoms with Crippen molar-refractivity contribution in [2.75, 3.05) is 11.9 Å². The third-order valence-corrected chi connectivity index (χ3v) is 4.97. The smallest absolute Gasteiger partial charge is 0.251 e. The molecule has 7 heteroatoms. The number of anilines is 1. The summed E-state index contributed by atoms with van der Waals surface area (Å²) in [6, 6.07) is 18.1. The topological polar surface area (TPSA) is 67.4 Å². The lowest BCUT2D eigenvalue weighted by Crippen LogP contribution is -2.32. The average molecular weight is 445 g/mol. The second-order valence-corrected chi connectivity index (χ2v) is 7.58. The summed E-state index contributed by atoms with van der Waals surface area (Å²) in [4.78, 5) is 25.4. The summed E-state index contributed by atoms with van der Waals surface area (Å²) in [5.41, 5.74) is 1.11. The highest BCUT2D eigenvalue weighted by molar-refractivity contribution is 9.10. The number of halogens is 1. The SMILES string of the molecule is O=C(CNC(=O)c1cccc(OCc2cccs2)c1)Nc1ccc(Br)cc1. The van der Waals surface area contributed by atoms with Crippen LogP contribution in [0.3, 0.4) is 0 Å². The Bertz CT molecular complexity index is 911. The van der Waals surface area contributed by atoms with Crippen LogP contribution in [0.25, 0.3) is 0 Å². The van der Waals surface area contributed by atoms with Crippen LogP contribution in [0.4, 0.5) is 5.69 Å². The zero-order valence-corrected chi connectivity index (χ0v) is 16.7. The molecule has 138 valence electrons. The summed E-state index contributed by atoms with van der Waals surface area (Å²) >= 11 is 4.95. The monoisotopic (exact) mass is 444 g/mol. The van der Waals surface area contributed by atoms with Crippen molar-refractivity contribution in [3.8, 4) is 5.75 Å². The number of thiophene rings is 1. The lowest BCUT2D eigenvalue weighted by Gasteiger charge is -2.09. The van der Waals surface area contributed by atoms with Crippen LogP contribution in [-0.2, 0) is 11.4 Å². The van der Waals surface area contributed by atoms with Gasteiger partial charge in [0.2, 0.25) is 5.91 Å². The van der Waals surface area contributed by atoms with Crippen LogP contribution in [-0.4, -0.2) is 18.4 Å². The van der Waals surface area contributed by atoms with E-state index in [1.165, 1.54) is 0 Å². The lowest BCUT2D eigenvalue weighted by molar-refractivity contribution is -0.115. The molecule has 3 rings (SSSR count). The first-order valence-electron chi connectivity index (χ1n) is 8.19. The van der Waals surface area contributed by atoms with E-state index in [-0.39, 0.29) is 18.4 Å². The van der Waals surface area contributed by atoms with E-state index in [0.29, 0.717) is 23.6 Å². The summed E-state index contributed by atoms with van der Waals surface area (Å²) in [5, 5.41) is 7.33. The molecule has 0 saturated carbocycles. The standard InChI is InChI=1S/C20H17BrN2O3S/c21-15-6-8-16(9-7-15)23-19(24)12-22-20(25)14-3-1-4-17(11-14)26-13-18-5-2-10-27-18/h1-11H,12-13H2,(H,22,25)(H,23,24). The molecule has 0 radical (unpaired) electrons. The van der Waals surface area contributed by atoms with Crippen molar-refractivity contribution in [2.45, 2.75) is 6.61 Å². The highest BCUT2D eigenvalue weighted by Crippen LogP contribution is 2.17. The molecule has 0 aliphatic carbocycles. The van der Waals surface area contributed by atoms with E-state index in [2.05, 4.69) is 26.6 Å². The third-order valence-electron chi connectivity index (χ3n) is 3.59. The maximum atomic E-state index is 12.3. The molecule has 0 fully saturated rings. The highest BCUT2D eigenvalue weighted by Gasteiger charge is 2.09. The van der Waals surface area contributed by atoms with Gasteiger partial charge < -0.3 is 15.4 Å². The van der Waals surface area contributed by atoms with Gasteiger partial charge in [0.25, 0.3) is 5.91 Å².